The normalized spacial score (nSPS) is 15.5. The van der Waals surface area contributed by atoms with E-state index in [0.717, 1.165) is 17.8 Å². The van der Waals surface area contributed by atoms with Crippen LogP contribution < -0.4 is 0 Å². The first-order valence-electron chi connectivity index (χ1n) is 7.21. The molecule has 0 radical (unpaired) electrons. The minimum Gasteiger partial charge on any atom is -0.444 e. The van der Waals surface area contributed by atoms with E-state index >= 15 is 0 Å². The molecular formula is C16H20N2O2. The van der Waals surface area contributed by atoms with E-state index in [2.05, 4.69) is 9.88 Å². The molecule has 1 fully saturated rings. The Labute approximate surface area is 119 Å². The third-order valence-electron chi connectivity index (χ3n) is 3.92. The molecule has 1 heterocycles. The van der Waals surface area contributed by atoms with Gasteiger partial charge in [0.1, 0.15) is 6.26 Å². The zero-order valence-electron chi connectivity index (χ0n) is 11.5. The molecule has 0 saturated heterocycles. The number of aromatic nitrogens is 1. The molecule has 0 atom stereocenters. The Morgan fingerprint density at radius 1 is 1.25 bits per heavy atom. The first-order chi connectivity index (χ1) is 9.86. The van der Waals surface area contributed by atoms with Crippen molar-refractivity contribution in [3.05, 3.63) is 42.3 Å². The van der Waals surface area contributed by atoms with Crippen LogP contribution in [-0.2, 0) is 6.54 Å². The number of oxazole rings is 1. The van der Waals surface area contributed by atoms with Crippen LogP contribution in [0.1, 0.15) is 25.0 Å². The summed E-state index contributed by atoms with van der Waals surface area (Å²) >= 11 is 0. The highest BCUT2D eigenvalue weighted by Gasteiger charge is 2.25. The summed E-state index contributed by atoms with van der Waals surface area (Å²) in [5.41, 5.74) is 1.93. The van der Waals surface area contributed by atoms with Crippen LogP contribution >= 0.6 is 0 Å². The monoisotopic (exact) mass is 272 g/mol. The molecule has 1 aromatic heterocycles. The maximum atomic E-state index is 9.18. The summed E-state index contributed by atoms with van der Waals surface area (Å²) in [4.78, 5) is 6.86. The molecular weight excluding hydrogens is 252 g/mol. The maximum absolute atomic E-state index is 9.18. The smallest absolute Gasteiger partial charge is 0.226 e. The van der Waals surface area contributed by atoms with Gasteiger partial charge in [0, 0.05) is 24.7 Å². The molecule has 3 rings (SSSR count). The molecule has 1 N–H and O–H groups in total. The molecule has 4 heteroatoms. The van der Waals surface area contributed by atoms with E-state index in [0.29, 0.717) is 18.5 Å². The van der Waals surface area contributed by atoms with Crippen molar-refractivity contribution in [1.82, 2.24) is 9.88 Å². The van der Waals surface area contributed by atoms with Crippen LogP contribution in [0.4, 0.5) is 0 Å². The summed E-state index contributed by atoms with van der Waals surface area (Å²) in [6, 6.07) is 10.5. The van der Waals surface area contributed by atoms with Gasteiger partial charge in [-0.2, -0.15) is 0 Å². The van der Waals surface area contributed by atoms with E-state index in [1.807, 2.05) is 30.3 Å². The van der Waals surface area contributed by atoms with Crippen LogP contribution in [0.15, 0.2) is 41.0 Å². The lowest BCUT2D eigenvalue weighted by Gasteiger charge is -2.36. The first-order valence-corrected chi connectivity index (χ1v) is 7.21. The molecule has 0 aliphatic heterocycles. The largest absolute Gasteiger partial charge is 0.444 e. The van der Waals surface area contributed by atoms with Crippen LogP contribution in [0.25, 0.3) is 11.5 Å². The van der Waals surface area contributed by atoms with E-state index in [1.54, 1.807) is 6.26 Å². The fourth-order valence-corrected chi connectivity index (χ4v) is 2.57. The van der Waals surface area contributed by atoms with Crippen LogP contribution in [-0.4, -0.2) is 34.2 Å². The van der Waals surface area contributed by atoms with Crippen molar-refractivity contribution in [2.24, 2.45) is 0 Å². The predicted octanol–water partition coefficient (Wildman–Crippen LogP) is 2.69. The molecule has 4 nitrogen and oxygen atoms in total. The molecule has 2 aromatic rings. The van der Waals surface area contributed by atoms with Crippen LogP contribution in [0, 0.1) is 0 Å². The Kier molecular flexibility index (Phi) is 4.14. The summed E-state index contributed by atoms with van der Waals surface area (Å²) in [6.45, 7) is 1.65. The molecule has 20 heavy (non-hydrogen) atoms. The minimum atomic E-state index is 0.194. The standard InChI is InChI=1S/C16H20N2O2/c19-10-9-18(15-7-4-8-15)11-14-12-20-16(17-14)13-5-2-1-3-6-13/h1-3,5-6,12,15,19H,4,7-11H2. The number of aliphatic hydroxyl groups is 1. The molecule has 1 aliphatic rings. The lowest BCUT2D eigenvalue weighted by atomic mass is 9.91. The Bertz CT molecular complexity index is 534. The Hall–Kier alpha value is -1.65. The molecule has 0 bridgehead atoms. The van der Waals surface area contributed by atoms with Crippen LogP contribution in [0.2, 0.25) is 0 Å². The number of hydrogen-bond acceptors (Lipinski definition) is 4. The Morgan fingerprint density at radius 3 is 2.70 bits per heavy atom. The lowest BCUT2D eigenvalue weighted by Crippen LogP contribution is -2.41. The van der Waals surface area contributed by atoms with Crippen molar-refractivity contribution in [2.75, 3.05) is 13.2 Å². The summed E-state index contributed by atoms with van der Waals surface area (Å²) < 4.78 is 5.56. The highest BCUT2D eigenvalue weighted by Crippen LogP contribution is 2.26. The summed E-state index contributed by atoms with van der Waals surface area (Å²) in [5.74, 6) is 0.665. The average Bonchev–Trinajstić information content (AvgIpc) is 2.87. The summed E-state index contributed by atoms with van der Waals surface area (Å²) in [5, 5.41) is 9.18. The van der Waals surface area contributed by atoms with E-state index in [-0.39, 0.29) is 6.61 Å². The highest BCUT2D eigenvalue weighted by atomic mass is 16.3. The first kappa shape index (κ1) is 13.3. The van der Waals surface area contributed by atoms with Gasteiger partial charge in [0.15, 0.2) is 0 Å². The van der Waals surface area contributed by atoms with Crippen LogP contribution in [0.5, 0.6) is 0 Å². The quantitative estimate of drug-likeness (QED) is 0.878. The van der Waals surface area contributed by atoms with Crippen molar-refractivity contribution in [3.8, 4) is 11.5 Å². The Morgan fingerprint density at radius 2 is 2.05 bits per heavy atom. The van der Waals surface area contributed by atoms with Crippen molar-refractivity contribution in [1.29, 1.82) is 0 Å². The van der Waals surface area contributed by atoms with E-state index in [9.17, 15) is 5.11 Å². The van der Waals surface area contributed by atoms with Gasteiger partial charge in [0.25, 0.3) is 0 Å². The second-order valence-electron chi connectivity index (χ2n) is 5.29. The van der Waals surface area contributed by atoms with E-state index in [1.165, 1.54) is 19.3 Å². The number of aliphatic hydroxyl groups excluding tert-OH is 1. The second kappa shape index (κ2) is 6.20. The number of rotatable bonds is 6. The SMILES string of the molecule is OCCN(Cc1coc(-c2ccccc2)n1)C1CCC1. The summed E-state index contributed by atoms with van der Waals surface area (Å²) in [7, 11) is 0. The Balaban J connectivity index is 1.69. The van der Waals surface area contributed by atoms with Crippen molar-refractivity contribution in [3.63, 3.8) is 0 Å². The molecule has 1 aromatic carbocycles. The fraction of sp³-hybridized carbons (Fsp3) is 0.438. The van der Waals surface area contributed by atoms with Gasteiger partial charge in [-0.3, -0.25) is 4.90 Å². The lowest BCUT2D eigenvalue weighted by molar-refractivity contribution is 0.0933. The average molecular weight is 272 g/mol. The number of benzene rings is 1. The van der Waals surface area contributed by atoms with Crippen LogP contribution in [0.3, 0.4) is 0 Å². The topological polar surface area (TPSA) is 49.5 Å². The van der Waals surface area contributed by atoms with Crippen molar-refractivity contribution in [2.45, 2.75) is 31.8 Å². The number of hydrogen-bond donors (Lipinski definition) is 1. The molecule has 106 valence electrons. The van der Waals surface area contributed by atoms with Gasteiger partial charge >= 0.3 is 0 Å². The van der Waals surface area contributed by atoms with Gasteiger partial charge < -0.3 is 9.52 Å². The predicted molar refractivity (Wildman–Crippen MR) is 77.1 cm³/mol. The highest BCUT2D eigenvalue weighted by molar-refractivity contribution is 5.52. The van der Waals surface area contributed by atoms with Gasteiger partial charge in [-0.1, -0.05) is 24.6 Å². The number of nitrogens with zero attached hydrogens (tertiary/aromatic N) is 2. The van der Waals surface area contributed by atoms with Gasteiger partial charge in [-0.25, -0.2) is 4.98 Å². The molecule has 1 saturated carbocycles. The van der Waals surface area contributed by atoms with Crippen molar-refractivity contribution >= 4 is 0 Å². The van der Waals surface area contributed by atoms with Crippen molar-refractivity contribution < 1.29 is 9.52 Å². The van der Waals surface area contributed by atoms with Gasteiger partial charge in [0.2, 0.25) is 5.89 Å². The van der Waals surface area contributed by atoms with E-state index < -0.39 is 0 Å². The molecule has 1 aliphatic carbocycles. The van der Waals surface area contributed by atoms with E-state index in [4.69, 9.17) is 4.42 Å². The van der Waals surface area contributed by atoms with Gasteiger partial charge in [-0.15, -0.1) is 0 Å². The fourth-order valence-electron chi connectivity index (χ4n) is 2.57. The third kappa shape index (κ3) is 2.92. The van der Waals surface area contributed by atoms with Gasteiger partial charge in [-0.05, 0) is 25.0 Å². The molecule has 0 spiro atoms. The second-order valence-corrected chi connectivity index (χ2v) is 5.29. The van der Waals surface area contributed by atoms with Gasteiger partial charge in [0.05, 0.1) is 12.3 Å². The zero-order chi connectivity index (χ0) is 13.8. The minimum absolute atomic E-state index is 0.194. The third-order valence-corrected chi connectivity index (χ3v) is 3.92. The maximum Gasteiger partial charge on any atom is 0.226 e. The molecule has 0 unspecified atom stereocenters. The zero-order valence-corrected chi connectivity index (χ0v) is 11.5. The summed E-state index contributed by atoms with van der Waals surface area (Å²) in [6.07, 6.45) is 5.47. The molecule has 0 amide bonds.